The van der Waals surface area contributed by atoms with E-state index >= 15 is 0 Å². The van der Waals surface area contributed by atoms with Crippen LogP contribution in [0.25, 0.3) is 0 Å². The standard InChI is InChI=1S/C14H30N2/c1-5-13(3)16(4)11-14(10-15)8-6-7-12(2)9-14/h12-13H,5-11,15H2,1-4H3. The van der Waals surface area contributed by atoms with Gasteiger partial charge >= 0.3 is 0 Å². The first kappa shape index (κ1) is 14.0. The van der Waals surface area contributed by atoms with Gasteiger partial charge in [0.25, 0.3) is 0 Å². The largest absolute Gasteiger partial charge is 0.330 e. The Morgan fingerprint density at radius 2 is 2.19 bits per heavy atom. The fraction of sp³-hybridized carbons (Fsp3) is 1.00. The molecule has 0 aromatic rings. The summed E-state index contributed by atoms with van der Waals surface area (Å²) < 4.78 is 0. The molecule has 1 saturated carbocycles. The third kappa shape index (κ3) is 3.46. The molecule has 2 nitrogen and oxygen atoms in total. The highest BCUT2D eigenvalue weighted by Crippen LogP contribution is 2.39. The molecule has 96 valence electrons. The summed E-state index contributed by atoms with van der Waals surface area (Å²) in [5.74, 6) is 0.864. The van der Waals surface area contributed by atoms with E-state index in [9.17, 15) is 0 Å². The van der Waals surface area contributed by atoms with E-state index in [0.29, 0.717) is 11.5 Å². The van der Waals surface area contributed by atoms with Crippen molar-refractivity contribution < 1.29 is 0 Å². The molecule has 0 heterocycles. The first-order chi connectivity index (χ1) is 7.53. The van der Waals surface area contributed by atoms with Gasteiger partial charge < -0.3 is 10.6 Å². The molecule has 3 unspecified atom stereocenters. The summed E-state index contributed by atoms with van der Waals surface area (Å²) in [5.41, 5.74) is 6.46. The average Bonchev–Trinajstić information content (AvgIpc) is 2.27. The SMILES string of the molecule is CCC(C)N(C)CC1(CN)CCCC(C)C1. The molecule has 1 aliphatic rings. The number of hydrogen-bond acceptors (Lipinski definition) is 2. The summed E-state index contributed by atoms with van der Waals surface area (Å²) in [6.45, 7) is 9.00. The van der Waals surface area contributed by atoms with Crippen LogP contribution in [-0.4, -0.2) is 31.1 Å². The third-order valence-corrected chi connectivity index (χ3v) is 4.55. The highest BCUT2D eigenvalue weighted by Gasteiger charge is 2.35. The van der Waals surface area contributed by atoms with Crippen LogP contribution in [0.5, 0.6) is 0 Å². The molecule has 0 aliphatic heterocycles. The molecule has 2 heteroatoms. The van der Waals surface area contributed by atoms with E-state index < -0.39 is 0 Å². The lowest BCUT2D eigenvalue weighted by molar-refractivity contribution is 0.0830. The minimum absolute atomic E-state index is 0.399. The normalized spacial score (nSPS) is 33.0. The topological polar surface area (TPSA) is 29.3 Å². The molecular weight excluding hydrogens is 196 g/mol. The van der Waals surface area contributed by atoms with Crippen LogP contribution >= 0.6 is 0 Å². The van der Waals surface area contributed by atoms with Gasteiger partial charge in [-0.05, 0) is 51.1 Å². The summed E-state index contributed by atoms with van der Waals surface area (Å²) in [6, 6.07) is 0.681. The third-order valence-electron chi connectivity index (χ3n) is 4.55. The summed E-state index contributed by atoms with van der Waals surface area (Å²) >= 11 is 0. The Hall–Kier alpha value is -0.0800. The van der Waals surface area contributed by atoms with Gasteiger partial charge in [0, 0.05) is 12.6 Å². The van der Waals surface area contributed by atoms with Crippen molar-refractivity contribution in [2.24, 2.45) is 17.1 Å². The molecule has 0 amide bonds. The predicted octanol–water partition coefficient (Wildman–Crippen LogP) is 2.87. The van der Waals surface area contributed by atoms with Crippen LogP contribution in [0.1, 0.15) is 52.9 Å². The van der Waals surface area contributed by atoms with Crippen LogP contribution in [0.4, 0.5) is 0 Å². The second-order valence-electron chi connectivity index (χ2n) is 6.08. The maximum absolute atomic E-state index is 6.06. The zero-order valence-corrected chi connectivity index (χ0v) is 11.6. The number of nitrogens with two attached hydrogens (primary N) is 1. The second-order valence-corrected chi connectivity index (χ2v) is 6.08. The van der Waals surface area contributed by atoms with Crippen LogP contribution in [0.3, 0.4) is 0 Å². The smallest absolute Gasteiger partial charge is 0.00614 e. The van der Waals surface area contributed by atoms with Crippen molar-refractivity contribution in [2.75, 3.05) is 20.1 Å². The Morgan fingerprint density at radius 3 is 2.69 bits per heavy atom. The van der Waals surface area contributed by atoms with Crippen molar-refractivity contribution in [3.05, 3.63) is 0 Å². The minimum Gasteiger partial charge on any atom is -0.330 e. The van der Waals surface area contributed by atoms with Gasteiger partial charge in [0.15, 0.2) is 0 Å². The highest BCUT2D eigenvalue weighted by molar-refractivity contribution is 4.89. The summed E-state index contributed by atoms with van der Waals surface area (Å²) in [4.78, 5) is 2.50. The predicted molar refractivity (Wildman–Crippen MR) is 71.5 cm³/mol. The lowest BCUT2D eigenvalue weighted by Gasteiger charge is -2.43. The van der Waals surface area contributed by atoms with E-state index in [0.717, 1.165) is 12.5 Å². The van der Waals surface area contributed by atoms with Crippen LogP contribution in [0.2, 0.25) is 0 Å². The maximum atomic E-state index is 6.06. The Kier molecular flexibility index (Phi) is 5.26. The van der Waals surface area contributed by atoms with E-state index in [1.54, 1.807) is 0 Å². The molecule has 1 fully saturated rings. The van der Waals surface area contributed by atoms with Gasteiger partial charge in [-0.25, -0.2) is 0 Å². The van der Waals surface area contributed by atoms with Crippen LogP contribution in [0, 0.1) is 11.3 Å². The molecule has 0 aromatic heterocycles. The van der Waals surface area contributed by atoms with Crippen LogP contribution in [0.15, 0.2) is 0 Å². The van der Waals surface area contributed by atoms with E-state index in [-0.39, 0.29) is 0 Å². The van der Waals surface area contributed by atoms with Crippen LogP contribution in [-0.2, 0) is 0 Å². The maximum Gasteiger partial charge on any atom is 0.00614 e. The number of rotatable bonds is 5. The fourth-order valence-electron chi connectivity index (χ4n) is 3.16. The fourth-order valence-corrected chi connectivity index (χ4v) is 3.16. The lowest BCUT2D eigenvalue weighted by Crippen LogP contribution is -2.46. The van der Waals surface area contributed by atoms with Gasteiger partial charge in [-0.1, -0.05) is 26.7 Å². The van der Waals surface area contributed by atoms with Crippen molar-refractivity contribution in [1.82, 2.24) is 4.90 Å². The van der Waals surface area contributed by atoms with Gasteiger partial charge in [0.1, 0.15) is 0 Å². The van der Waals surface area contributed by atoms with Crippen molar-refractivity contribution in [3.8, 4) is 0 Å². The molecule has 0 radical (unpaired) electrons. The van der Waals surface area contributed by atoms with Crippen LogP contribution < -0.4 is 5.73 Å². The summed E-state index contributed by atoms with van der Waals surface area (Å²) in [7, 11) is 2.25. The summed E-state index contributed by atoms with van der Waals surface area (Å²) in [5, 5.41) is 0. The first-order valence-corrected chi connectivity index (χ1v) is 6.93. The van der Waals surface area contributed by atoms with Gasteiger partial charge in [-0.15, -0.1) is 0 Å². The quantitative estimate of drug-likeness (QED) is 0.781. The van der Waals surface area contributed by atoms with E-state index in [1.165, 1.54) is 38.6 Å². The Morgan fingerprint density at radius 1 is 1.50 bits per heavy atom. The first-order valence-electron chi connectivity index (χ1n) is 6.93. The average molecular weight is 226 g/mol. The molecular formula is C14H30N2. The van der Waals surface area contributed by atoms with Crippen molar-refractivity contribution in [3.63, 3.8) is 0 Å². The zero-order valence-electron chi connectivity index (χ0n) is 11.6. The number of hydrogen-bond donors (Lipinski definition) is 1. The van der Waals surface area contributed by atoms with Gasteiger partial charge in [-0.3, -0.25) is 0 Å². The summed E-state index contributed by atoms with van der Waals surface area (Å²) in [6.07, 6.45) is 6.65. The second kappa shape index (κ2) is 6.02. The Bertz CT molecular complexity index is 205. The monoisotopic (exact) mass is 226 g/mol. The molecule has 0 aromatic carbocycles. The molecule has 0 spiro atoms. The van der Waals surface area contributed by atoms with Gasteiger partial charge in [-0.2, -0.15) is 0 Å². The number of nitrogens with zero attached hydrogens (tertiary/aromatic N) is 1. The molecule has 0 saturated heterocycles. The highest BCUT2D eigenvalue weighted by atomic mass is 15.1. The van der Waals surface area contributed by atoms with E-state index in [1.807, 2.05) is 0 Å². The van der Waals surface area contributed by atoms with Crippen molar-refractivity contribution in [1.29, 1.82) is 0 Å². The van der Waals surface area contributed by atoms with E-state index in [4.69, 9.17) is 5.73 Å². The molecule has 3 atom stereocenters. The van der Waals surface area contributed by atoms with Crippen molar-refractivity contribution >= 4 is 0 Å². The van der Waals surface area contributed by atoms with Gasteiger partial charge in [0.05, 0.1) is 0 Å². The molecule has 0 bridgehead atoms. The van der Waals surface area contributed by atoms with E-state index in [2.05, 4.69) is 32.7 Å². The molecule has 2 N–H and O–H groups in total. The molecule has 1 aliphatic carbocycles. The van der Waals surface area contributed by atoms with Gasteiger partial charge in [0.2, 0.25) is 0 Å². The minimum atomic E-state index is 0.399. The Balaban J connectivity index is 2.58. The van der Waals surface area contributed by atoms with Crippen molar-refractivity contribution in [2.45, 2.75) is 58.9 Å². The Labute approximate surface area is 102 Å². The molecule has 1 rings (SSSR count). The molecule has 16 heavy (non-hydrogen) atoms. The zero-order chi connectivity index (χ0) is 12.2. The lowest BCUT2D eigenvalue weighted by atomic mass is 9.69.